The van der Waals surface area contributed by atoms with Crippen LogP contribution in [0.4, 0.5) is 0 Å². The molecular weight excluding hydrogens is 584 g/mol. The third kappa shape index (κ3) is 4.82. The second-order valence-electron chi connectivity index (χ2n) is 11.2. The zero-order valence-electron chi connectivity index (χ0n) is 22.8. The number of nitrogens with zero attached hydrogens (tertiary/aromatic N) is 2. The van der Waals surface area contributed by atoms with Crippen LogP contribution < -0.4 is 10.8 Å². The third-order valence-corrected chi connectivity index (χ3v) is 9.13. The van der Waals surface area contributed by atoms with Gasteiger partial charge in [-0.1, -0.05) is 58.2 Å². The lowest BCUT2D eigenvalue weighted by atomic mass is 9.77. The highest BCUT2D eigenvalue weighted by atomic mass is 35.5. The maximum Gasteiger partial charge on any atom is 0.492 e. The van der Waals surface area contributed by atoms with E-state index in [-0.39, 0.29) is 11.9 Å². The SMILES string of the molecule is CC(NC(=O)c1ccc(C2=NOC(C)(c3cc(Cl)c(Cl)c(Cl)c3)C2)n2cccc12)c1ccc2c(c1)B(O)OC2(C)C. The van der Waals surface area contributed by atoms with Gasteiger partial charge < -0.3 is 24.2 Å². The van der Waals surface area contributed by atoms with E-state index in [0.29, 0.717) is 27.1 Å². The molecule has 2 N–H and O–H groups in total. The van der Waals surface area contributed by atoms with Crippen molar-refractivity contribution in [1.29, 1.82) is 0 Å². The third-order valence-electron chi connectivity index (χ3n) is 7.93. The van der Waals surface area contributed by atoms with Gasteiger partial charge in [0, 0.05) is 18.2 Å². The molecule has 4 aromatic rings. The van der Waals surface area contributed by atoms with Crippen LogP contribution in [0.5, 0.6) is 0 Å². The highest BCUT2D eigenvalue weighted by Crippen LogP contribution is 2.41. The predicted octanol–water partition coefficient (Wildman–Crippen LogP) is 6.38. The first-order valence-electron chi connectivity index (χ1n) is 13.2. The number of rotatable bonds is 5. The van der Waals surface area contributed by atoms with Crippen molar-refractivity contribution in [2.75, 3.05) is 0 Å². The molecule has 1 amide bonds. The van der Waals surface area contributed by atoms with Crippen LogP contribution in [0.2, 0.25) is 15.1 Å². The van der Waals surface area contributed by atoms with Crippen molar-refractivity contribution in [3.63, 3.8) is 0 Å². The summed E-state index contributed by atoms with van der Waals surface area (Å²) in [5.41, 5.74) is 4.73. The van der Waals surface area contributed by atoms with Crippen molar-refractivity contribution in [3.05, 3.63) is 104 Å². The molecule has 0 saturated heterocycles. The van der Waals surface area contributed by atoms with E-state index < -0.39 is 18.3 Å². The molecule has 210 valence electrons. The summed E-state index contributed by atoms with van der Waals surface area (Å²) in [5.74, 6) is -0.217. The highest BCUT2D eigenvalue weighted by molar-refractivity contribution is 6.62. The Morgan fingerprint density at radius 2 is 1.83 bits per heavy atom. The Balaban J connectivity index is 1.24. The van der Waals surface area contributed by atoms with Crippen molar-refractivity contribution in [2.24, 2.45) is 5.16 Å². The number of oxime groups is 1. The monoisotopic (exact) mass is 609 g/mol. The van der Waals surface area contributed by atoms with Crippen LogP contribution in [0.15, 0.2) is 65.9 Å². The highest BCUT2D eigenvalue weighted by Gasteiger charge is 2.41. The number of nitrogens with one attached hydrogen (secondary N) is 1. The van der Waals surface area contributed by atoms with E-state index in [9.17, 15) is 9.82 Å². The summed E-state index contributed by atoms with van der Waals surface area (Å²) in [5, 5.41) is 18.9. The minimum absolute atomic E-state index is 0.217. The Kier molecular flexibility index (Phi) is 6.91. The number of pyridine rings is 1. The van der Waals surface area contributed by atoms with E-state index in [1.54, 1.807) is 18.2 Å². The number of hydrogen-bond donors (Lipinski definition) is 2. The minimum Gasteiger partial charge on any atom is -0.423 e. The number of amides is 1. The summed E-state index contributed by atoms with van der Waals surface area (Å²) in [6.07, 6.45) is 2.35. The van der Waals surface area contributed by atoms with Gasteiger partial charge in [0.1, 0.15) is 5.71 Å². The zero-order chi connectivity index (χ0) is 29.3. The van der Waals surface area contributed by atoms with E-state index in [1.807, 2.05) is 74.7 Å². The van der Waals surface area contributed by atoms with Crippen molar-refractivity contribution in [3.8, 4) is 0 Å². The van der Waals surface area contributed by atoms with E-state index in [1.165, 1.54) is 0 Å². The van der Waals surface area contributed by atoms with Gasteiger partial charge in [0.15, 0.2) is 5.60 Å². The number of aromatic nitrogens is 1. The molecule has 2 atom stereocenters. The molecule has 2 unspecified atom stereocenters. The molecule has 4 heterocycles. The second-order valence-corrected chi connectivity index (χ2v) is 12.4. The first kappa shape index (κ1) is 28.1. The van der Waals surface area contributed by atoms with Gasteiger partial charge >= 0.3 is 7.12 Å². The van der Waals surface area contributed by atoms with E-state index in [0.717, 1.165) is 39.1 Å². The molecule has 41 heavy (non-hydrogen) atoms. The molecule has 2 aliphatic rings. The van der Waals surface area contributed by atoms with Crippen molar-refractivity contribution in [1.82, 2.24) is 9.72 Å². The van der Waals surface area contributed by atoms with E-state index in [4.69, 9.17) is 44.3 Å². The molecule has 6 rings (SSSR count). The lowest BCUT2D eigenvalue weighted by Gasteiger charge is -2.23. The zero-order valence-corrected chi connectivity index (χ0v) is 25.1. The molecule has 2 aromatic carbocycles. The largest absolute Gasteiger partial charge is 0.492 e. The normalized spacial score (nSPS) is 20.1. The van der Waals surface area contributed by atoms with E-state index in [2.05, 4.69) is 10.5 Å². The van der Waals surface area contributed by atoms with Gasteiger partial charge in [0.05, 0.1) is 43.5 Å². The van der Waals surface area contributed by atoms with Gasteiger partial charge in [-0.05, 0) is 80.7 Å². The van der Waals surface area contributed by atoms with Crippen LogP contribution in [-0.4, -0.2) is 28.2 Å². The molecular formula is C30H27BCl3N3O4. The fourth-order valence-electron chi connectivity index (χ4n) is 5.63. The molecule has 2 aromatic heterocycles. The number of halogens is 3. The van der Waals surface area contributed by atoms with Crippen LogP contribution in [0.25, 0.3) is 5.52 Å². The molecule has 0 saturated carbocycles. The first-order chi connectivity index (χ1) is 19.4. The van der Waals surface area contributed by atoms with Gasteiger partial charge in [-0.2, -0.15) is 0 Å². The van der Waals surface area contributed by atoms with Crippen molar-refractivity contribution in [2.45, 2.75) is 51.4 Å². The fourth-order valence-corrected chi connectivity index (χ4v) is 6.22. The summed E-state index contributed by atoms with van der Waals surface area (Å²) in [7, 11) is -0.992. The average Bonchev–Trinajstić information content (AvgIpc) is 3.63. The molecule has 2 aliphatic heterocycles. The molecule has 0 fully saturated rings. The Morgan fingerprint density at radius 1 is 1.10 bits per heavy atom. The summed E-state index contributed by atoms with van der Waals surface area (Å²) in [6, 6.07) is 16.4. The molecule has 7 nitrogen and oxygen atoms in total. The average molecular weight is 611 g/mol. The number of fused-ring (bicyclic) bond motifs is 2. The van der Waals surface area contributed by atoms with Crippen LogP contribution in [-0.2, 0) is 20.7 Å². The van der Waals surface area contributed by atoms with Crippen molar-refractivity contribution < 1.29 is 19.3 Å². The molecule has 0 spiro atoms. The Labute approximate surface area is 253 Å². The lowest BCUT2D eigenvalue weighted by Crippen LogP contribution is -2.31. The van der Waals surface area contributed by atoms with Crippen LogP contribution >= 0.6 is 34.8 Å². The van der Waals surface area contributed by atoms with Gasteiger partial charge in [0.2, 0.25) is 0 Å². The number of carbonyl (C=O) groups is 1. The molecule has 0 radical (unpaired) electrons. The Morgan fingerprint density at radius 3 is 2.56 bits per heavy atom. The second kappa shape index (κ2) is 10.1. The van der Waals surface area contributed by atoms with Gasteiger partial charge in [-0.3, -0.25) is 4.79 Å². The topological polar surface area (TPSA) is 84.6 Å². The summed E-state index contributed by atoms with van der Waals surface area (Å²) in [6.45, 7) is 7.68. The lowest BCUT2D eigenvalue weighted by molar-refractivity contribution is -0.00737. The summed E-state index contributed by atoms with van der Waals surface area (Å²) < 4.78 is 7.61. The van der Waals surface area contributed by atoms with Crippen LogP contribution in [0.1, 0.15) is 72.9 Å². The molecule has 0 bridgehead atoms. The maximum absolute atomic E-state index is 13.5. The number of benzene rings is 2. The van der Waals surface area contributed by atoms with Crippen LogP contribution in [0.3, 0.4) is 0 Å². The summed E-state index contributed by atoms with van der Waals surface area (Å²) in [4.78, 5) is 19.4. The maximum atomic E-state index is 13.5. The van der Waals surface area contributed by atoms with Crippen LogP contribution in [0, 0.1) is 0 Å². The quantitative estimate of drug-likeness (QED) is 0.203. The van der Waals surface area contributed by atoms with Gasteiger partial charge in [-0.25, -0.2) is 0 Å². The predicted molar refractivity (Wildman–Crippen MR) is 163 cm³/mol. The number of carbonyl (C=O) groups excluding carboxylic acids is 1. The smallest absolute Gasteiger partial charge is 0.423 e. The standard InChI is InChI=1S/C30H27BCl3N3O4/c1-16(17-7-9-20-21(12-17)31(39)40-29(20,2)3)35-28(38)19-8-10-26(37-11-5-6-25(19)37)24-15-30(4,41-36-24)18-13-22(32)27(34)23(33)14-18/h5-14,16,39H,15H2,1-4H3,(H,35,38). The van der Waals surface area contributed by atoms with Crippen molar-refractivity contribution >= 4 is 64.5 Å². The van der Waals surface area contributed by atoms with Gasteiger partial charge in [-0.15, -0.1) is 0 Å². The minimum atomic E-state index is -0.992. The molecule has 0 aliphatic carbocycles. The Hall–Kier alpha value is -3.01. The summed E-state index contributed by atoms with van der Waals surface area (Å²) >= 11 is 18.7. The van der Waals surface area contributed by atoms with Gasteiger partial charge in [0.25, 0.3) is 5.91 Å². The van der Waals surface area contributed by atoms with E-state index >= 15 is 0 Å². The molecule has 11 heteroatoms. The first-order valence-corrected chi connectivity index (χ1v) is 14.3. The number of hydrogen-bond acceptors (Lipinski definition) is 5. The fraction of sp³-hybridized carbons (Fsp3) is 0.267. The Bertz CT molecular complexity index is 1730.